The summed E-state index contributed by atoms with van der Waals surface area (Å²) in [7, 11) is 0. The van der Waals surface area contributed by atoms with Gasteiger partial charge in [0.1, 0.15) is 6.33 Å². The van der Waals surface area contributed by atoms with Gasteiger partial charge in [0.25, 0.3) is 0 Å². The summed E-state index contributed by atoms with van der Waals surface area (Å²) in [5.74, 6) is 0.203. The van der Waals surface area contributed by atoms with Crippen LogP contribution < -0.4 is 0 Å². The maximum atomic E-state index is 12.7. The molecule has 1 aliphatic heterocycles. The molecule has 0 bridgehead atoms. The van der Waals surface area contributed by atoms with E-state index in [0.29, 0.717) is 19.4 Å². The van der Waals surface area contributed by atoms with Crippen LogP contribution in [0.3, 0.4) is 0 Å². The van der Waals surface area contributed by atoms with Gasteiger partial charge >= 0.3 is 0 Å². The average Bonchev–Trinajstić information content (AvgIpc) is 3.09. The van der Waals surface area contributed by atoms with Gasteiger partial charge in [0.15, 0.2) is 5.65 Å². The molecule has 3 heterocycles. The highest BCUT2D eigenvalue weighted by molar-refractivity contribution is 5.77. The molecule has 0 spiro atoms. The van der Waals surface area contributed by atoms with Gasteiger partial charge < -0.3 is 4.90 Å². The van der Waals surface area contributed by atoms with Crippen LogP contribution in [0.4, 0.5) is 0 Å². The van der Waals surface area contributed by atoms with Gasteiger partial charge in [0.2, 0.25) is 5.91 Å². The fraction of sp³-hybridized carbons (Fsp3) is 0.368. The topological polar surface area (TPSA) is 63.4 Å². The molecular weight excluding hydrogens is 314 g/mol. The first-order chi connectivity index (χ1) is 12.1. The Bertz CT molecular complexity index is 946. The van der Waals surface area contributed by atoms with E-state index in [4.69, 9.17) is 0 Å². The Balaban J connectivity index is 1.48. The quantitative estimate of drug-likeness (QED) is 0.736. The third-order valence-electron chi connectivity index (χ3n) is 5.09. The molecule has 1 amide bonds. The number of amides is 1. The molecule has 0 saturated carbocycles. The molecule has 2 aromatic heterocycles. The van der Waals surface area contributed by atoms with Crippen LogP contribution in [-0.2, 0) is 24.2 Å². The molecule has 25 heavy (non-hydrogen) atoms. The van der Waals surface area contributed by atoms with Crippen molar-refractivity contribution >= 4 is 11.6 Å². The normalized spacial score (nSPS) is 13.9. The van der Waals surface area contributed by atoms with Crippen LogP contribution >= 0.6 is 0 Å². The third kappa shape index (κ3) is 2.88. The lowest BCUT2D eigenvalue weighted by molar-refractivity contribution is -0.132. The Morgan fingerprint density at radius 3 is 2.84 bits per heavy atom. The molecule has 6 nitrogen and oxygen atoms in total. The molecule has 0 radical (unpaired) electrons. The summed E-state index contributed by atoms with van der Waals surface area (Å²) in [6.45, 7) is 5.52. The minimum atomic E-state index is 0.203. The SMILES string of the molecule is Cc1nn2cnnc2c(C)c1CCC(=O)N1CCc2ccccc2C1. The van der Waals surface area contributed by atoms with Crippen LogP contribution in [0, 0.1) is 13.8 Å². The molecule has 0 atom stereocenters. The molecule has 0 unspecified atom stereocenters. The van der Waals surface area contributed by atoms with Crippen molar-refractivity contribution in [1.29, 1.82) is 0 Å². The number of benzene rings is 1. The summed E-state index contributed by atoms with van der Waals surface area (Å²) in [5, 5.41) is 12.5. The van der Waals surface area contributed by atoms with Gasteiger partial charge in [-0.3, -0.25) is 4.79 Å². The van der Waals surface area contributed by atoms with Gasteiger partial charge in [-0.15, -0.1) is 10.2 Å². The summed E-state index contributed by atoms with van der Waals surface area (Å²) in [6.07, 6.45) is 3.73. The number of fused-ring (bicyclic) bond motifs is 2. The van der Waals surface area contributed by atoms with Crippen molar-refractivity contribution in [3.63, 3.8) is 0 Å². The van der Waals surface area contributed by atoms with Gasteiger partial charge in [0.05, 0.1) is 5.69 Å². The molecule has 0 saturated heterocycles. The number of hydrogen-bond acceptors (Lipinski definition) is 4. The second-order valence-corrected chi connectivity index (χ2v) is 6.62. The maximum absolute atomic E-state index is 12.7. The first-order valence-corrected chi connectivity index (χ1v) is 8.64. The zero-order valence-electron chi connectivity index (χ0n) is 14.6. The molecule has 0 aliphatic carbocycles. The zero-order valence-corrected chi connectivity index (χ0v) is 14.6. The van der Waals surface area contributed by atoms with Crippen LogP contribution in [0.2, 0.25) is 0 Å². The standard InChI is InChI=1S/C19H21N5O/c1-13-17(14(2)22-24-12-20-21-19(13)24)7-8-18(25)23-10-9-15-5-3-4-6-16(15)11-23/h3-6,12H,7-11H2,1-2H3. The molecular formula is C19H21N5O. The number of carbonyl (C=O) groups excluding carboxylic acids is 1. The van der Waals surface area contributed by atoms with E-state index in [1.807, 2.05) is 24.8 Å². The Morgan fingerprint density at radius 2 is 2.00 bits per heavy atom. The molecule has 3 aromatic rings. The van der Waals surface area contributed by atoms with E-state index < -0.39 is 0 Å². The third-order valence-corrected chi connectivity index (χ3v) is 5.09. The Kier molecular flexibility index (Phi) is 3.95. The molecule has 1 aromatic carbocycles. The Labute approximate surface area is 146 Å². The number of hydrogen-bond donors (Lipinski definition) is 0. The Morgan fingerprint density at radius 1 is 1.20 bits per heavy atom. The highest BCUT2D eigenvalue weighted by Crippen LogP contribution is 2.21. The minimum absolute atomic E-state index is 0.203. The zero-order chi connectivity index (χ0) is 17.4. The van der Waals surface area contributed by atoms with Crippen LogP contribution in [0.25, 0.3) is 5.65 Å². The molecule has 0 fully saturated rings. The van der Waals surface area contributed by atoms with Gasteiger partial charge in [-0.25, -0.2) is 4.52 Å². The Hall–Kier alpha value is -2.76. The van der Waals surface area contributed by atoms with E-state index in [0.717, 1.165) is 35.4 Å². The van der Waals surface area contributed by atoms with E-state index in [9.17, 15) is 4.79 Å². The second-order valence-electron chi connectivity index (χ2n) is 6.62. The van der Waals surface area contributed by atoms with Crippen molar-refractivity contribution in [3.05, 3.63) is 58.5 Å². The predicted molar refractivity (Wildman–Crippen MR) is 94.1 cm³/mol. The molecule has 128 valence electrons. The van der Waals surface area contributed by atoms with Crippen molar-refractivity contribution < 1.29 is 4.79 Å². The van der Waals surface area contributed by atoms with Crippen LogP contribution in [0.15, 0.2) is 30.6 Å². The van der Waals surface area contributed by atoms with E-state index in [1.54, 1.807) is 10.8 Å². The fourth-order valence-corrected chi connectivity index (χ4v) is 3.65. The van der Waals surface area contributed by atoms with Crippen LogP contribution in [0.1, 0.15) is 34.4 Å². The van der Waals surface area contributed by atoms with E-state index in [2.05, 4.69) is 33.5 Å². The van der Waals surface area contributed by atoms with Crippen molar-refractivity contribution in [1.82, 2.24) is 24.7 Å². The summed E-state index contributed by atoms with van der Waals surface area (Å²) in [5.41, 5.74) is 6.48. The first kappa shape index (κ1) is 15.7. The lowest BCUT2D eigenvalue weighted by Gasteiger charge is -2.29. The largest absolute Gasteiger partial charge is 0.338 e. The molecule has 4 rings (SSSR count). The van der Waals surface area contributed by atoms with E-state index in [1.165, 1.54) is 11.1 Å². The van der Waals surface area contributed by atoms with Crippen LogP contribution in [-0.4, -0.2) is 37.2 Å². The highest BCUT2D eigenvalue weighted by atomic mass is 16.2. The average molecular weight is 335 g/mol. The number of aromatic nitrogens is 4. The van der Waals surface area contributed by atoms with Crippen LogP contribution in [0.5, 0.6) is 0 Å². The summed E-state index contributed by atoms with van der Waals surface area (Å²) < 4.78 is 1.69. The maximum Gasteiger partial charge on any atom is 0.223 e. The first-order valence-electron chi connectivity index (χ1n) is 8.64. The molecule has 6 heteroatoms. The lowest BCUT2D eigenvalue weighted by Crippen LogP contribution is -2.36. The van der Waals surface area contributed by atoms with Crippen molar-refractivity contribution in [3.8, 4) is 0 Å². The lowest BCUT2D eigenvalue weighted by atomic mass is 9.99. The van der Waals surface area contributed by atoms with Crippen molar-refractivity contribution in [2.45, 2.75) is 39.7 Å². The summed E-state index contributed by atoms with van der Waals surface area (Å²) >= 11 is 0. The second kappa shape index (κ2) is 6.27. The van der Waals surface area contributed by atoms with Gasteiger partial charge in [-0.1, -0.05) is 24.3 Å². The number of aryl methyl sites for hydroxylation is 2. The van der Waals surface area contributed by atoms with Gasteiger partial charge in [0, 0.05) is 25.1 Å². The number of carbonyl (C=O) groups is 1. The highest BCUT2D eigenvalue weighted by Gasteiger charge is 2.21. The smallest absolute Gasteiger partial charge is 0.223 e. The summed E-state index contributed by atoms with van der Waals surface area (Å²) in [6, 6.07) is 8.38. The predicted octanol–water partition coefficient (Wildman–Crippen LogP) is 2.26. The molecule has 0 N–H and O–H groups in total. The fourth-order valence-electron chi connectivity index (χ4n) is 3.65. The molecule has 1 aliphatic rings. The van der Waals surface area contributed by atoms with Crippen molar-refractivity contribution in [2.75, 3.05) is 6.54 Å². The minimum Gasteiger partial charge on any atom is -0.338 e. The van der Waals surface area contributed by atoms with E-state index in [-0.39, 0.29) is 5.91 Å². The number of rotatable bonds is 3. The number of nitrogens with zero attached hydrogens (tertiary/aromatic N) is 5. The van der Waals surface area contributed by atoms with Gasteiger partial charge in [-0.05, 0) is 43.4 Å². The van der Waals surface area contributed by atoms with E-state index >= 15 is 0 Å². The monoisotopic (exact) mass is 335 g/mol. The summed E-state index contributed by atoms with van der Waals surface area (Å²) in [4.78, 5) is 14.7. The van der Waals surface area contributed by atoms with Gasteiger partial charge in [-0.2, -0.15) is 5.10 Å². The van der Waals surface area contributed by atoms with Crippen molar-refractivity contribution in [2.24, 2.45) is 0 Å².